The summed E-state index contributed by atoms with van der Waals surface area (Å²) in [6.07, 6.45) is 0.322. The van der Waals surface area contributed by atoms with Crippen molar-refractivity contribution >= 4 is 22.1 Å². The van der Waals surface area contributed by atoms with Crippen LogP contribution in [0.2, 0.25) is 0 Å². The van der Waals surface area contributed by atoms with Crippen molar-refractivity contribution in [1.82, 2.24) is 0 Å². The van der Waals surface area contributed by atoms with Crippen molar-refractivity contribution < 1.29 is 27.1 Å². The number of nitro groups is 1. The normalized spacial score (nSPS) is 10.8. The Hall–Kier alpha value is -2.94. The molecule has 2 aromatic rings. The molecule has 0 unspecified atom stereocenters. The molecule has 0 atom stereocenters. The van der Waals surface area contributed by atoms with E-state index in [9.17, 15) is 23.3 Å². The Balaban J connectivity index is 2.60. The van der Waals surface area contributed by atoms with E-state index in [0.717, 1.165) is 19.2 Å². The van der Waals surface area contributed by atoms with Crippen molar-refractivity contribution in [1.29, 1.82) is 0 Å². The summed E-state index contributed by atoms with van der Waals surface area (Å²) in [5, 5.41) is 11.0. The summed E-state index contributed by atoms with van der Waals surface area (Å²) in [4.78, 5) is 21.2. The molecule has 120 valence electrons. The second kappa shape index (κ2) is 6.44. The van der Waals surface area contributed by atoms with Gasteiger partial charge in [-0.1, -0.05) is 18.2 Å². The molecule has 0 radical (unpaired) electrons. The van der Waals surface area contributed by atoms with E-state index in [1.807, 2.05) is 0 Å². The number of methoxy groups -OCH3 is 1. The van der Waals surface area contributed by atoms with Gasteiger partial charge < -0.3 is 8.92 Å². The lowest BCUT2D eigenvalue weighted by molar-refractivity contribution is -0.385. The summed E-state index contributed by atoms with van der Waals surface area (Å²) in [5.74, 6) is -0.973. The Labute approximate surface area is 131 Å². The molecular weight excluding hydrogens is 326 g/mol. The first-order valence-corrected chi connectivity index (χ1v) is 7.61. The van der Waals surface area contributed by atoms with E-state index in [4.69, 9.17) is 8.92 Å². The molecule has 2 rings (SSSR count). The van der Waals surface area contributed by atoms with E-state index in [-0.39, 0.29) is 10.5 Å². The molecule has 0 aliphatic carbocycles. The maximum atomic E-state index is 12.3. The quantitative estimate of drug-likeness (QED) is 0.343. The highest BCUT2D eigenvalue weighted by Crippen LogP contribution is 2.40. The highest BCUT2D eigenvalue weighted by molar-refractivity contribution is 7.87. The number of ether oxygens (including phenoxy) is 1. The van der Waals surface area contributed by atoms with E-state index in [0.29, 0.717) is 6.29 Å². The van der Waals surface area contributed by atoms with Crippen LogP contribution in [0.4, 0.5) is 5.69 Å². The van der Waals surface area contributed by atoms with Gasteiger partial charge >= 0.3 is 15.8 Å². The van der Waals surface area contributed by atoms with E-state index >= 15 is 0 Å². The van der Waals surface area contributed by atoms with Gasteiger partial charge in [0.2, 0.25) is 11.5 Å². The Kier molecular flexibility index (Phi) is 4.60. The van der Waals surface area contributed by atoms with Gasteiger partial charge in [-0.3, -0.25) is 14.9 Å². The highest BCUT2D eigenvalue weighted by atomic mass is 32.2. The Morgan fingerprint density at radius 1 is 1.09 bits per heavy atom. The maximum Gasteiger partial charge on any atom is 0.339 e. The Bertz CT molecular complexity index is 847. The fraction of sp³-hybridized carbons (Fsp3) is 0.0714. The predicted molar refractivity (Wildman–Crippen MR) is 79.3 cm³/mol. The third-order valence-corrected chi connectivity index (χ3v) is 4.11. The molecule has 0 spiro atoms. The lowest BCUT2D eigenvalue weighted by atomic mass is 10.2. The number of hydrogen-bond donors (Lipinski definition) is 0. The van der Waals surface area contributed by atoms with Gasteiger partial charge in [0.05, 0.1) is 17.6 Å². The van der Waals surface area contributed by atoms with Gasteiger partial charge in [0.15, 0.2) is 6.29 Å². The molecule has 0 saturated heterocycles. The van der Waals surface area contributed by atoms with Crippen molar-refractivity contribution in [3.05, 3.63) is 58.1 Å². The molecule has 0 aliphatic heterocycles. The summed E-state index contributed by atoms with van der Waals surface area (Å²) in [7, 11) is -3.17. The lowest BCUT2D eigenvalue weighted by Gasteiger charge is -2.12. The molecule has 8 nitrogen and oxygen atoms in total. The molecule has 9 heteroatoms. The molecule has 2 aromatic carbocycles. The number of nitrogens with zero attached hydrogens (tertiary/aromatic N) is 1. The number of carbonyl (C=O) groups is 1. The average Bonchev–Trinajstić information content (AvgIpc) is 2.54. The van der Waals surface area contributed by atoms with Gasteiger partial charge in [-0.15, -0.1) is 0 Å². The topological polar surface area (TPSA) is 113 Å². The standard InChI is InChI=1S/C14H11NO7S/c1-21-14-12(15(17)18)8-7-10(9-16)13(14)22-23(19,20)11-5-3-2-4-6-11/h2-9H,1H3. The number of carbonyl (C=O) groups excluding carboxylic acids is 1. The second-order valence-electron chi connectivity index (χ2n) is 4.26. The summed E-state index contributed by atoms with van der Waals surface area (Å²) in [5.41, 5.74) is -0.705. The number of rotatable bonds is 6. The van der Waals surface area contributed by atoms with Gasteiger partial charge in [-0.25, -0.2) is 0 Å². The SMILES string of the molecule is COc1c([N+](=O)[O-])ccc(C=O)c1OS(=O)(=O)c1ccccc1. The average molecular weight is 337 g/mol. The molecule has 0 fully saturated rings. The van der Waals surface area contributed by atoms with E-state index < -0.39 is 32.2 Å². The zero-order valence-corrected chi connectivity index (χ0v) is 12.6. The molecule has 23 heavy (non-hydrogen) atoms. The predicted octanol–water partition coefficient (Wildman–Crippen LogP) is 2.18. The van der Waals surface area contributed by atoms with Crippen LogP contribution in [-0.4, -0.2) is 26.7 Å². The summed E-state index contributed by atoms with van der Waals surface area (Å²) < 4.78 is 34.3. The summed E-state index contributed by atoms with van der Waals surface area (Å²) in [6, 6.07) is 9.29. The minimum absolute atomic E-state index is 0.162. The van der Waals surface area contributed by atoms with E-state index in [2.05, 4.69) is 0 Å². The Morgan fingerprint density at radius 3 is 2.26 bits per heavy atom. The first kappa shape index (κ1) is 16.4. The first-order chi connectivity index (χ1) is 10.9. The largest absolute Gasteiger partial charge is 0.488 e. The number of hydrogen-bond acceptors (Lipinski definition) is 7. The maximum absolute atomic E-state index is 12.3. The Morgan fingerprint density at radius 2 is 1.74 bits per heavy atom. The third-order valence-electron chi connectivity index (χ3n) is 2.87. The zero-order chi connectivity index (χ0) is 17.0. The molecule has 0 heterocycles. The molecule has 0 bridgehead atoms. The number of aldehydes is 1. The summed E-state index contributed by atoms with van der Waals surface area (Å²) >= 11 is 0. The van der Waals surface area contributed by atoms with E-state index in [1.54, 1.807) is 6.07 Å². The van der Waals surface area contributed by atoms with Crippen LogP contribution in [0, 0.1) is 10.1 Å². The lowest BCUT2D eigenvalue weighted by Crippen LogP contribution is -2.12. The van der Waals surface area contributed by atoms with Gasteiger partial charge in [0, 0.05) is 6.07 Å². The molecule has 0 N–H and O–H groups in total. The van der Waals surface area contributed by atoms with Crippen molar-refractivity contribution in [2.45, 2.75) is 4.90 Å². The number of nitro benzene ring substituents is 1. The van der Waals surface area contributed by atoms with Crippen LogP contribution in [0.5, 0.6) is 11.5 Å². The zero-order valence-electron chi connectivity index (χ0n) is 11.8. The monoisotopic (exact) mass is 337 g/mol. The fourth-order valence-electron chi connectivity index (χ4n) is 1.83. The number of benzene rings is 2. The molecule has 0 amide bonds. The van der Waals surface area contributed by atoms with Gasteiger partial charge in [0.25, 0.3) is 0 Å². The van der Waals surface area contributed by atoms with Crippen molar-refractivity contribution in [2.24, 2.45) is 0 Å². The summed E-state index contributed by atoms with van der Waals surface area (Å²) in [6.45, 7) is 0. The van der Waals surface area contributed by atoms with Crippen LogP contribution < -0.4 is 8.92 Å². The first-order valence-electron chi connectivity index (χ1n) is 6.21. The smallest absolute Gasteiger partial charge is 0.339 e. The van der Waals surface area contributed by atoms with Crippen LogP contribution in [0.3, 0.4) is 0 Å². The van der Waals surface area contributed by atoms with Gasteiger partial charge in [-0.2, -0.15) is 8.42 Å². The van der Waals surface area contributed by atoms with E-state index in [1.165, 1.54) is 24.3 Å². The van der Waals surface area contributed by atoms with Crippen LogP contribution in [-0.2, 0) is 10.1 Å². The highest BCUT2D eigenvalue weighted by Gasteiger charge is 2.27. The molecule has 0 saturated carbocycles. The second-order valence-corrected chi connectivity index (χ2v) is 5.81. The molecule has 0 aliphatic rings. The fourth-order valence-corrected chi connectivity index (χ4v) is 2.81. The van der Waals surface area contributed by atoms with Crippen LogP contribution in [0.15, 0.2) is 47.4 Å². The van der Waals surface area contributed by atoms with Crippen molar-refractivity contribution in [2.75, 3.05) is 7.11 Å². The van der Waals surface area contributed by atoms with Crippen molar-refractivity contribution in [3.8, 4) is 11.5 Å². The van der Waals surface area contributed by atoms with Crippen molar-refractivity contribution in [3.63, 3.8) is 0 Å². The van der Waals surface area contributed by atoms with Crippen LogP contribution in [0.25, 0.3) is 0 Å². The van der Waals surface area contributed by atoms with Crippen LogP contribution >= 0.6 is 0 Å². The minimum Gasteiger partial charge on any atom is -0.488 e. The third kappa shape index (κ3) is 3.29. The minimum atomic E-state index is -4.28. The van der Waals surface area contributed by atoms with Crippen LogP contribution in [0.1, 0.15) is 10.4 Å². The van der Waals surface area contributed by atoms with Gasteiger partial charge in [-0.05, 0) is 18.2 Å². The molecule has 0 aromatic heterocycles. The van der Waals surface area contributed by atoms with Gasteiger partial charge in [0.1, 0.15) is 4.90 Å². The molecular formula is C14H11NO7S.